The molecule has 0 radical (unpaired) electrons. The van der Waals surface area contributed by atoms with Gasteiger partial charge < -0.3 is 5.32 Å². The van der Waals surface area contributed by atoms with Gasteiger partial charge in [-0.2, -0.15) is 0 Å². The highest BCUT2D eigenvalue weighted by atomic mass is 19.1. The molecule has 0 saturated heterocycles. The summed E-state index contributed by atoms with van der Waals surface area (Å²) >= 11 is 0. The van der Waals surface area contributed by atoms with Crippen LogP contribution >= 0.6 is 0 Å². The molecule has 0 spiro atoms. The minimum absolute atomic E-state index is 0.178. The normalized spacial score (nSPS) is 11.0. The lowest BCUT2D eigenvalue weighted by atomic mass is 9.84. The van der Waals surface area contributed by atoms with E-state index in [1.807, 2.05) is 18.2 Å². The molecule has 2 aromatic heterocycles. The van der Waals surface area contributed by atoms with Crippen molar-refractivity contribution in [2.75, 3.05) is 11.9 Å². The Hall–Kier alpha value is -3.26. The number of nitrogens with zero attached hydrogens (tertiary/aromatic N) is 3. The quantitative estimate of drug-likeness (QED) is 0.708. The molecule has 5 heteroatoms. The van der Waals surface area contributed by atoms with Crippen LogP contribution in [0.2, 0.25) is 0 Å². The van der Waals surface area contributed by atoms with E-state index in [1.54, 1.807) is 24.4 Å². The predicted octanol–water partition coefficient (Wildman–Crippen LogP) is 4.05. The van der Waals surface area contributed by atoms with Crippen molar-refractivity contribution in [1.29, 1.82) is 0 Å². The molecule has 0 saturated carbocycles. The summed E-state index contributed by atoms with van der Waals surface area (Å²) in [7, 11) is 0. The fourth-order valence-electron chi connectivity index (χ4n) is 2.53. The Labute approximate surface area is 152 Å². The summed E-state index contributed by atoms with van der Waals surface area (Å²) in [5, 5.41) is 11.7. The first kappa shape index (κ1) is 17.6. The van der Waals surface area contributed by atoms with Crippen LogP contribution in [0.15, 0.2) is 54.7 Å². The van der Waals surface area contributed by atoms with E-state index in [0.29, 0.717) is 18.1 Å². The predicted molar refractivity (Wildman–Crippen MR) is 101 cm³/mol. The van der Waals surface area contributed by atoms with E-state index in [0.717, 1.165) is 16.8 Å². The molecule has 0 atom stereocenters. The molecule has 0 aliphatic rings. The van der Waals surface area contributed by atoms with Gasteiger partial charge in [-0.3, -0.25) is 0 Å². The number of terminal acetylenes is 1. The highest BCUT2D eigenvalue weighted by Crippen LogP contribution is 2.24. The van der Waals surface area contributed by atoms with Crippen LogP contribution in [-0.2, 0) is 5.41 Å². The van der Waals surface area contributed by atoms with Crippen molar-refractivity contribution in [2.45, 2.75) is 19.3 Å². The van der Waals surface area contributed by atoms with E-state index < -0.39 is 0 Å². The van der Waals surface area contributed by atoms with Crippen LogP contribution in [0.5, 0.6) is 0 Å². The average Bonchev–Trinajstić information content (AvgIpc) is 2.67. The van der Waals surface area contributed by atoms with E-state index in [9.17, 15) is 4.39 Å². The van der Waals surface area contributed by atoms with Crippen LogP contribution in [0.4, 0.5) is 10.2 Å². The minimum Gasteiger partial charge on any atom is -0.368 e. The molecular formula is C21H19FN4. The van der Waals surface area contributed by atoms with Crippen LogP contribution in [0.25, 0.3) is 11.3 Å². The molecule has 0 bridgehead atoms. The molecule has 3 aromatic rings. The molecule has 1 N–H and O–H groups in total. The molecule has 2 heterocycles. The van der Waals surface area contributed by atoms with Crippen LogP contribution in [0, 0.1) is 18.2 Å². The van der Waals surface area contributed by atoms with Gasteiger partial charge in [0.25, 0.3) is 0 Å². The van der Waals surface area contributed by atoms with E-state index in [1.165, 1.54) is 12.1 Å². The molecule has 1 aromatic carbocycles. The monoisotopic (exact) mass is 346 g/mol. The molecule has 0 aliphatic carbocycles. The Bertz CT molecular complexity index is 908. The number of aromatic nitrogens is 3. The minimum atomic E-state index is -0.233. The zero-order valence-electron chi connectivity index (χ0n) is 14.7. The molecule has 130 valence electrons. The topological polar surface area (TPSA) is 50.7 Å². The second-order valence-corrected chi connectivity index (χ2v) is 6.62. The SMILES string of the molecule is C#Cc1ccc(-c2ccc(NCC(C)(C)c3ccc(F)cc3)nn2)cn1. The summed E-state index contributed by atoms with van der Waals surface area (Å²) in [6, 6.07) is 14.0. The Kier molecular flexibility index (Phi) is 4.94. The fourth-order valence-corrected chi connectivity index (χ4v) is 2.53. The Balaban J connectivity index is 1.67. The van der Waals surface area contributed by atoms with E-state index in [2.05, 4.69) is 40.3 Å². The molecule has 4 nitrogen and oxygen atoms in total. The summed E-state index contributed by atoms with van der Waals surface area (Å²) in [4.78, 5) is 4.16. The largest absolute Gasteiger partial charge is 0.368 e. The number of halogens is 1. The zero-order chi connectivity index (χ0) is 18.6. The van der Waals surface area contributed by atoms with Gasteiger partial charge in [0.2, 0.25) is 0 Å². The van der Waals surface area contributed by atoms with Crippen molar-refractivity contribution >= 4 is 5.82 Å². The van der Waals surface area contributed by atoms with Crippen LogP contribution < -0.4 is 5.32 Å². The Morgan fingerprint density at radius 2 is 1.81 bits per heavy atom. The maximum absolute atomic E-state index is 13.1. The summed E-state index contributed by atoms with van der Waals surface area (Å²) in [5.41, 5.74) is 3.04. The lowest BCUT2D eigenvalue weighted by Gasteiger charge is -2.25. The first-order valence-corrected chi connectivity index (χ1v) is 8.25. The number of pyridine rings is 1. The standard InChI is InChI=1S/C21H19FN4/c1-4-18-10-5-15(13-23-18)19-11-12-20(26-25-19)24-14-21(2,3)16-6-8-17(22)9-7-16/h1,5-13H,14H2,2-3H3,(H,24,26). The van der Waals surface area contributed by atoms with Gasteiger partial charge in [0, 0.05) is 23.7 Å². The summed E-state index contributed by atoms with van der Waals surface area (Å²) < 4.78 is 13.1. The molecular weight excluding hydrogens is 327 g/mol. The third-order valence-corrected chi connectivity index (χ3v) is 4.21. The van der Waals surface area contributed by atoms with Crippen molar-refractivity contribution < 1.29 is 4.39 Å². The van der Waals surface area contributed by atoms with Gasteiger partial charge in [-0.1, -0.05) is 31.9 Å². The molecule has 3 rings (SSSR count). The van der Waals surface area contributed by atoms with Crippen LogP contribution in [0.3, 0.4) is 0 Å². The first-order valence-electron chi connectivity index (χ1n) is 8.25. The molecule has 0 fully saturated rings. The van der Waals surface area contributed by atoms with Gasteiger partial charge in [0.15, 0.2) is 0 Å². The van der Waals surface area contributed by atoms with Crippen molar-refractivity contribution in [3.8, 4) is 23.6 Å². The van der Waals surface area contributed by atoms with E-state index >= 15 is 0 Å². The second kappa shape index (κ2) is 7.32. The maximum atomic E-state index is 13.1. The first-order chi connectivity index (χ1) is 12.5. The van der Waals surface area contributed by atoms with Crippen molar-refractivity contribution in [3.63, 3.8) is 0 Å². The van der Waals surface area contributed by atoms with Gasteiger partial charge in [0.05, 0.1) is 5.69 Å². The van der Waals surface area contributed by atoms with Crippen LogP contribution in [-0.4, -0.2) is 21.7 Å². The Morgan fingerprint density at radius 3 is 2.38 bits per heavy atom. The Morgan fingerprint density at radius 1 is 1.04 bits per heavy atom. The maximum Gasteiger partial charge on any atom is 0.148 e. The number of benzene rings is 1. The third-order valence-electron chi connectivity index (χ3n) is 4.21. The van der Waals surface area contributed by atoms with E-state index in [4.69, 9.17) is 6.42 Å². The fraction of sp³-hybridized carbons (Fsp3) is 0.190. The summed E-state index contributed by atoms with van der Waals surface area (Å²) in [6.45, 7) is 4.83. The number of anilines is 1. The highest BCUT2D eigenvalue weighted by Gasteiger charge is 2.20. The lowest BCUT2D eigenvalue weighted by Crippen LogP contribution is -2.28. The number of nitrogens with one attached hydrogen (secondary N) is 1. The number of hydrogen-bond donors (Lipinski definition) is 1. The van der Waals surface area contributed by atoms with Crippen LogP contribution in [0.1, 0.15) is 25.1 Å². The van der Waals surface area contributed by atoms with Crippen molar-refractivity contribution in [3.05, 3.63) is 71.8 Å². The number of hydrogen-bond acceptors (Lipinski definition) is 4. The van der Waals surface area contributed by atoms with Crippen molar-refractivity contribution in [2.24, 2.45) is 0 Å². The van der Waals surface area contributed by atoms with E-state index in [-0.39, 0.29) is 11.2 Å². The molecule has 0 amide bonds. The molecule has 26 heavy (non-hydrogen) atoms. The second-order valence-electron chi connectivity index (χ2n) is 6.62. The smallest absolute Gasteiger partial charge is 0.148 e. The summed E-state index contributed by atoms with van der Waals surface area (Å²) in [5.74, 6) is 2.93. The zero-order valence-corrected chi connectivity index (χ0v) is 14.7. The molecule has 0 aliphatic heterocycles. The lowest BCUT2D eigenvalue weighted by molar-refractivity contribution is 0.552. The number of rotatable bonds is 5. The third kappa shape index (κ3) is 4.04. The average molecular weight is 346 g/mol. The van der Waals surface area contributed by atoms with Gasteiger partial charge >= 0.3 is 0 Å². The van der Waals surface area contributed by atoms with Gasteiger partial charge in [-0.25, -0.2) is 9.37 Å². The van der Waals surface area contributed by atoms with Gasteiger partial charge in [-0.05, 0) is 42.0 Å². The summed E-state index contributed by atoms with van der Waals surface area (Å²) in [6.07, 6.45) is 6.99. The van der Waals surface area contributed by atoms with Crippen molar-refractivity contribution in [1.82, 2.24) is 15.2 Å². The van der Waals surface area contributed by atoms with Gasteiger partial charge in [-0.15, -0.1) is 16.6 Å². The molecule has 0 unspecified atom stereocenters. The van der Waals surface area contributed by atoms with Gasteiger partial charge in [0.1, 0.15) is 17.3 Å². The highest BCUT2D eigenvalue weighted by molar-refractivity contribution is 5.59.